The molecule has 4 heteroatoms. The van der Waals surface area contributed by atoms with E-state index in [2.05, 4.69) is 35.8 Å². The van der Waals surface area contributed by atoms with Crippen LogP contribution in [0.2, 0.25) is 0 Å². The quantitative estimate of drug-likeness (QED) is 0.628. The summed E-state index contributed by atoms with van der Waals surface area (Å²) >= 11 is 0. The van der Waals surface area contributed by atoms with Gasteiger partial charge in [0.25, 0.3) is 0 Å². The number of hydrogen-bond acceptors (Lipinski definition) is 3. The van der Waals surface area contributed by atoms with Gasteiger partial charge in [0.2, 0.25) is 0 Å². The lowest BCUT2D eigenvalue weighted by molar-refractivity contribution is 0.0527. The Hall–Kier alpha value is -2.71. The minimum absolute atomic E-state index is 0.378. The van der Waals surface area contributed by atoms with Crippen LogP contribution in [0.4, 0.5) is 4.79 Å². The van der Waals surface area contributed by atoms with Crippen molar-refractivity contribution in [3.63, 3.8) is 0 Å². The van der Waals surface area contributed by atoms with Crippen molar-refractivity contribution in [3.05, 3.63) is 59.8 Å². The monoisotopic (exact) mass is 338 g/mol. The zero-order valence-corrected chi connectivity index (χ0v) is 15.2. The van der Waals surface area contributed by atoms with E-state index in [-0.39, 0.29) is 6.09 Å². The number of ether oxygens (including phenoxy) is 1. The Morgan fingerprint density at radius 3 is 2.52 bits per heavy atom. The number of carbonyl (C=O) groups is 1. The number of nitrogens with one attached hydrogen (secondary N) is 1. The molecule has 0 aliphatic carbocycles. The Bertz CT molecular complexity index is 812. The van der Waals surface area contributed by atoms with Crippen molar-refractivity contribution in [2.45, 2.75) is 39.2 Å². The number of aryl methyl sites for hydroxylation is 1. The maximum atomic E-state index is 11.7. The molecule has 3 N–H and O–H groups in total. The van der Waals surface area contributed by atoms with Crippen molar-refractivity contribution in [2.24, 2.45) is 5.73 Å². The van der Waals surface area contributed by atoms with Crippen LogP contribution in [0, 0.1) is 0 Å². The first kappa shape index (κ1) is 18.6. The third-order valence-corrected chi connectivity index (χ3v) is 3.79. The summed E-state index contributed by atoms with van der Waals surface area (Å²) < 4.78 is 5.24. The first-order valence-electron chi connectivity index (χ1n) is 8.45. The highest BCUT2D eigenvalue weighted by atomic mass is 16.6. The summed E-state index contributed by atoms with van der Waals surface area (Å²) in [6, 6.07) is 12.2. The molecule has 0 aliphatic heterocycles. The molecule has 0 unspecified atom stereocenters. The Labute approximate surface area is 149 Å². The predicted molar refractivity (Wildman–Crippen MR) is 103 cm³/mol. The van der Waals surface area contributed by atoms with Gasteiger partial charge in [-0.25, -0.2) is 4.79 Å². The molecule has 0 aromatic heterocycles. The van der Waals surface area contributed by atoms with Gasteiger partial charge in [0.15, 0.2) is 0 Å². The van der Waals surface area contributed by atoms with Crippen LogP contribution in [0.25, 0.3) is 16.5 Å². The lowest BCUT2D eigenvalue weighted by Gasteiger charge is -2.19. The van der Waals surface area contributed by atoms with Crippen molar-refractivity contribution in [1.29, 1.82) is 0 Å². The zero-order valence-electron chi connectivity index (χ0n) is 15.2. The van der Waals surface area contributed by atoms with Gasteiger partial charge in [-0.05, 0) is 49.9 Å². The van der Waals surface area contributed by atoms with Crippen LogP contribution in [0.3, 0.4) is 0 Å². The third-order valence-electron chi connectivity index (χ3n) is 3.79. The van der Waals surface area contributed by atoms with Crippen molar-refractivity contribution >= 4 is 22.6 Å². The van der Waals surface area contributed by atoms with Gasteiger partial charge in [-0.1, -0.05) is 43.0 Å². The minimum atomic E-state index is -0.477. The van der Waals surface area contributed by atoms with Gasteiger partial charge in [0.1, 0.15) is 5.60 Å². The number of rotatable bonds is 5. The molecule has 0 aliphatic rings. The van der Waals surface area contributed by atoms with Gasteiger partial charge in [-0.3, -0.25) is 0 Å². The van der Waals surface area contributed by atoms with Crippen LogP contribution >= 0.6 is 0 Å². The van der Waals surface area contributed by atoms with Crippen LogP contribution < -0.4 is 11.1 Å². The molecular weight excluding hydrogens is 312 g/mol. The van der Waals surface area contributed by atoms with Crippen LogP contribution in [-0.4, -0.2) is 18.2 Å². The largest absolute Gasteiger partial charge is 0.444 e. The maximum Gasteiger partial charge on any atom is 0.407 e. The highest BCUT2D eigenvalue weighted by Crippen LogP contribution is 2.26. The van der Waals surface area contributed by atoms with Gasteiger partial charge in [0.05, 0.1) is 5.70 Å². The lowest BCUT2D eigenvalue weighted by atomic mass is 9.96. The summed E-state index contributed by atoms with van der Waals surface area (Å²) in [5.41, 5.74) is 11.0. The molecule has 0 heterocycles. The molecular formula is C21H26N2O2. The van der Waals surface area contributed by atoms with Gasteiger partial charge in [0, 0.05) is 12.1 Å². The van der Waals surface area contributed by atoms with Gasteiger partial charge < -0.3 is 15.8 Å². The second kappa shape index (κ2) is 7.91. The number of fused-ring (bicyclic) bond motifs is 1. The van der Waals surface area contributed by atoms with E-state index < -0.39 is 5.60 Å². The summed E-state index contributed by atoms with van der Waals surface area (Å²) in [4.78, 5) is 11.7. The average Bonchev–Trinajstić information content (AvgIpc) is 2.56. The molecule has 0 saturated heterocycles. The predicted octanol–water partition coefficient (Wildman–Crippen LogP) is 4.38. The molecule has 2 aromatic rings. The van der Waals surface area contributed by atoms with E-state index in [4.69, 9.17) is 10.5 Å². The second-order valence-electron chi connectivity index (χ2n) is 6.94. The Kier molecular flexibility index (Phi) is 5.89. The molecule has 0 bridgehead atoms. The first-order chi connectivity index (χ1) is 11.8. The molecule has 25 heavy (non-hydrogen) atoms. The molecule has 2 rings (SSSR count). The lowest BCUT2D eigenvalue weighted by Crippen LogP contribution is -2.33. The smallest absolute Gasteiger partial charge is 0.407 e. The average molecular weight is 338 g/mol. The molecule has 0 fully saturated rings. The molecule has 132 valence electrons. The Morgan fingerprint density at radius 2 is 1.88 bits per heavy atom. The molecule has 0 saturated carbocycles. The Morgan fingerprint density at radius 1 is 1.20 bits per heavy atom. The zero-order chi connectivity index (χ0) is 18.4. The van der Waals surface area contributed by atoms with E-state index >= 15 is 0 Å². The molecule has 2 aromatic carbocycles. The molecule has 0 spiro atoms. The van der Waals surface area contributed by atoms with Crippen molar-refractivity contribution in [2.75, 3.05) is 6.54 Å². The summed E-state index contributed by atoms with van der Waals surface area (Å²) in [5.74, 6) is 0. The van der Waals surface area contributed by atoms with Crippen LogP contribution in [-0.2, 0) is 11.2 Å². The SMILES string of the molecule is C=C=C(N)c1ccc(CCCNC(=O)OC(C)(C)C)c2ccccc12. The standard InChI is InChI=1S/C21H26N2O2/c1-5-19(22)18-13-12-15(16-10-6-7-11-17(16)18)9-8-14-23-20(24)25-21(2,3)4/h6-7,10-13H,1,8-9,14,22H2,2-4H3,(H,23,24). The van der Waals surface area contributed by atoms with Crippen LogP contribution in [0.1, 0.15) is 38.3 Å². The van der Waals surface area contributed by atoms with E-state index in [1.165, 1.54) is 5.56 Å². The number of benzene rings is 2. The van der Waals surface area contributed by atoms with E-state index in [0.29, 0.717) is 12.2 Å². The molecule has 4 nitrogen and oxygen atoms in total. The summed E-state index contributed by atoms with van der Waals surface area (Å²) in [5, 5.41) is 5.05. The molecule has 0 atom stereocenters. The maximum absolute atomic E-state index is 11.7. The highest BCUT2D eigenvalue weighted by molar-refractivity contribution is 5.95. The van der Waals surface area contributed by atoms with Gasteiger partial charge >= 0.3 is 6.09 Å². The molecule has 1 amide bonds. The fourth-order valence-corrected chi connectivity index (χ4v) is 2.69. The van der Waals surface area contributed by atoms with Crippen molar-refractivity contribution < 1.29 is 9.53 Å². The Balaban J connectivity index is 2.05. The van der Waals surface area contributed by atoms with Crippen LogP contribution in [0.15, 0.2) is 48.7 Å². The van der Waals surface area contributed by atoms with E-state index in [1.54, 1.807) is 0 Å². The fourth-order valence-electron chi connectivity index (χ4n) is 2.69. The summed E-state index contributed by atoms with van der Waals surface area (Å²) in [6.07, 6.45) is 1.31. The highest BCUT2D eigenvalue weighted by Gasteiger charge is 2.15. The van der Waals surface area contributed by atoms with Gasteiger partial charge in [-0.15, -0.1) is 5.73 Å². The van der Waals surface area contributed by atoms with E-state index in [0.717, 1.165) is 29.2 Å². The topological polar surface area (TPSA) is 64.3 Å². The summed E-state index contributed by atoms with van der Waals surface area (Å²) in [7, 11) is 0. The summed E-state index contributed by atoms with van der Waals surface area (Å²) in [6.45, 7) is 9.75. The van der Waals surface area contributed by atoms with Gasteiger partial charge in [-0.2, -0.15) is 0 Å². The van der Waals surface area contributed by atoms with E-state index in [9.17, 15) is 4.79 Å². The fraction of sp³-hybridized carbons (Fsp3) is 0.333. The third kappa shape index (κ3) is 5.13. The van der Waals surface area contributed by atoms with Crippen LogP contribution in [0.5, 0.6) is 0 Å². The number of hydrogen-bond donors (Lipinski definition) is 2. The second-order valence-corrected chi connectivity index (χ2v) is 6.94. The van der Waals surface area contributed by atoms with Crippen molar-refractivity contribution in [1.82, 2.24) is 5.32 Å². The number of alkyl carbamates (subject to hydrolysis) is 1. The number of amides is 1. The molecule has 0 radical (unpaired) electrons. The first-order valence-corrected chi connectivity index (χ1v) is 8.45. The minimum Gasteiger partial charge on any atom is -0.444 e. The van der Waals surface area contributed by atoms with E-state index in [1.807, 2.05) is 39.0 Å². The number of nitrogens with two attached hydrogens (primary N) is 1. The van der Waals surface area contributed by atoms with Crippen molar-refractivity contribution in [3.8, 4) is 0 Å². The normalized spacial score (nSPS) is 11.0. The number of carbonyl (C=O) groups excluding carboxylic acids is 1.